The highest BCUT2D eigenvalue weighted by Crippen LogP contribution is 2.39. The SMILES string of the molecule is Cn1cc(-c2cc(Sc3cnc(CNC(=O)O)s3)cc(C(F)(F)F)c2)cn1. The van der Waals surface area contributed by atoms with Crippen LogP contribution in [-0.4, -0.2) is 26.0 Å². The molecular formula is C16H13F3N4O2S2. The number of hydrogen-bond acceptors (Lipinski definition) is 5. The van der Waals surface area contributed by atoms with Crippen molar-refractivity contribution in [1.29, 1.82) is 0 Å². The van der Waals surface area contributed by atoms with Crippen molar-refractivity contribution >= 4 is 29.2 Å². The Morgan fingerprint density at radius 3 is 2.70 bits per heavy atom. The molecule has 0 bridgehead atoms. The zero-order chi connectivity index (χ0) is 19.6. The fraction of sp³-hybridized carbons (Fsp3) is 0.188. The molecule has 2 N–H and O–H groups in total. The van der Waals surface area contributed by atoms with E-state index in [0.29, 0.717) is 25.2 Å². The molecule has 0 spiro atoms. The first kappa shape index (κ1) is 19.2. The van der Waals surface area contributed by atoms with E-state index < -0.39 is 17.8 Å². The number of rotatable bonds is 5. The van der Waals surface area contributed by atoms with Crippen LogP contribution in [0.4, 0.5) is 18.0 Å². The van der Waals surface area contributed by atoms with Gasteiger partial charge in [0.25, 0.3) is 0 Å². The smallest absolute Gasteiger partial charge is 0.416 e. The maximum absolute atomic E-state index is 13.3. The van der Waals surface area contributed by atoms with E-state index in [0.717, 1.165) is 23.9 Å². The van der Waals surface area contributed by atoms with Gasteiger partial charge in [-0.25, -0.2) is 9.78 Å². The van der Waals surface area contributed by atoms with Crippen molar-refractivity contribution in [2.45, 2.75) is 21.8 Å². The highest BCUT2D eigenvalue weighted by atomic mass is 32.2. The largest absolute Gasteiger partial charge is 0.465 e. The number of nitrogens with one attached hydrogen (secondary N) is 1. The molecule has 0 aliphatic carbocycles. The molecule has 11 heteroatoms. The first-order valence-corrected chi connectivity index (χ1v) is 9.14. The number of carbonyl (C=O) groups is 1. The molecule has 27 heavy (non-hydrogen) atoms. The zero-order valence-corrected chi connectivity index (χ0v) is 15.5. The predicted molar refractivity (Wildman–Crippen MR) is 94.7 cm³/mol. The van der Waals surface area contributed by atoms with Crippen molar-refractivity contribution in [3.05, 3.63) is 47.4 Å². The van der Waals surface area contributed by atoms with Crippen LogP contribution in [-0.2, 0) is 19.8 Å². The Labute approximate surface area is 160 Å². The highest BCUT2D eigenvalue weighted by molar-refractivity contribution is 8.01. The van der Waals surface area contributed by atoms with E-state index in [1.54, 1.807) is 19.3 Å². The number of aryl methyl sites for hydroxylation is 1. The Kier molecular flexibility index (Phi) is 5.42. The molecule has 0 saturated carbocycles. The number of nitrogens with zero attached hydrogens (tertiary/aromatic N) is 3. The Morgan fingerprint density at radius 2 is 2.07 bits per heavy atom. The zero-order valence-electron chi connectivity index (χ0n) is 13.8. The van der Waals surface area contributed by atoms with Crippen LogP contribution < -0.4 is 5.32 Å². The lowest BCUT2D eigenvalue weighted by molar-refractivity contribution is -0.137. The predicted octanol–water partition coefficient (Wildman–Crippen LogP) is 4.48. The molecular weight excluding hydrogens is 401 g/mol. The average molecular weight is 414 g/mol. The van der Waals surface area contributed by atoms with Crippen LogP contribution in [0, 0.1) is 0 Å². The second-order valence-corrected chi connectivity index (χ2v) is 7.97. The van der Waals surface area contributed by atoms with E-state index in [-0.39, 0.29) is 6.54 Å². The van der Waals surface area contributed by atoms with E-state index >= 15 is 0 Å². The Bertz CT molecular complexity index is 969. The average Bonchev–Trinajstić information content (AvgIpc) is 3.21. The number of hydrogen-bond donors (Lipinski definition) is 2. The van der Waals surface area contributed by atoms with Gasteiger partial charge in [-0.15, -0.1) is 11.3 Å². The first-order chi connectivity index (χ1) is 12.7. The number of benzene rings is 1. The highest BCUT2D eigenvalue weighted by Gasteiger charge is 2.31. The molecule has 0 saturated heterocycles. The number of alkyl halides is 3. The van der Waals surface area contributed by atoms with Gasteiger partial charge in [0.1, 0.15) is 5.01 Å². The van der Waals surface area contributed by atoms with Crippen LogP contribution >= 0.6 is 23.1 Å². The number of carboxylic acid groups (broad SMARTS) is 1. The van der Waals surface area contributed by atoms with Crippen molar-refractivity contribution in [2.75, 3.05) is 0 Å². The summed E-state index contributed by atoms with van der Waals surface area (Å²) < 4.78 is 42.0. The maximum Gasteiger partial charge on any atom is 0.416 e. The normalized spacial score (nSPS) is 11.6. The number of thiazole rings is 1. The van der Waals surface area contributed by atoms with E-state index in [1.807, 2.05) is 0 Å². The Hall–Kier alpha value is -2.53. The fourth-order valence-electron chi connectivity index (χ4n) is 2.25. The molecule has 3 rings (SSSR count). The van der Waals surface area contributed by atoms with Crippen LogP contribution in [0.15, 0.2) is 45.9 Å². The quantitative estimate of drug-likeness (QED) is 0.643. The molecule has 2 heterocycles. The van der Waals surface area contributed by atoms with Crippen molar-refractivity contribution < 1.29 is 23.1 Å². The van der Waals surface area contributed by atoms with E-state index in [1.165, 1.54) is 28.4 Å². The second kappa shape index (κ2) is 7.61. The number of halogens is 3. The van der Waals surface area contributed by atoms with Crippen LogP contribution in [0.25, 0.3) is 11.1 Å². The van der Waals surface area contributed by atoms with Gasteiger partial charge in [0.15, 0.2) is 0 Å². The van der Waals surface area contributed by atoms with Gasteiger partial charge in [-0.2, -0.15) is 18.3 Å². The van der Waals surface area contributed by atoms with Crippen molar-refractivity contribution in [3.63, 3.8) is 0 Å². The Morgan fingerprint density at radius 1 is 1.30 bits per heavy atom. The lowest BCUT2D eigenvalue weighted by Crippen LogP contribution is -2.19. The molecule has 0 unspecified atom stereocenters. The standard InChI is InChI=1S/C16H13F3N4O2S2/c1-23-8-10(5-22-23)9-2-11(16(17,18)19)4-12(3-9)26-14-7-20-13(27-14)6-21-15(24)25/h2-5,7-8,21H,6H2,1H3,(H,24,25). The monoisotopic (exact) mass is 414 g/mol. The minimum atomic E-state index is -4.47. The molecule has 0 fully saturated rings. The van der Waals surface area contributed by atoms with Gasteiger partial charge in [-0.1, -0.05) is 11.8 Å². The molecule has 0 atom stereocenters. The minimum Gasteiger partial charge on any atom is -0.465 e. The molecule has 0 aliphatic rings. The fourth-order valence-corrected chi connectivity index (χ4v) is 4.29. The molecule has 0 radical (unpaired) electrons. The third-order valence-electron chi connectivity index (χ3n) is 3.41. The molecule has 0 aliphatic heterocycles. The third kappa shape index (κ3) is 5.01. The van der Waals surface area contributed by atoms with Crippen molar-refractivity contribution in [3.8, 4) is 11.1 Å². The maximum atomic E-state index is 13.3. The van der Waals surface area contributed by atoms with Gasteiger partial charge in [0.05, 0.1) is 28.7 Å². The summed E-state index contributed by atoms with van der Waals surface area (Å²) >= 11 is 2.36. The summed E-state index contributed by atoms with van der Waals surface area (Å²) in [5.74, 6) is 0. The van der Waals surface area contributed by atoms with Gasteiger partial charge >= 0.3 is 12.3 Å². The van der Waals surface area contributed by atoms with Crippen molar-refractivity contribution in [2.24, 2.45) is 7.05 Å². The minimum absolute atomic E-state index is 0.0457. The lowest BCUT2D eigenvalue weighted by Gasteiger charge is -2.11. The molecule has 142 valence electrons. The summed E-state index contributed by atoms with van der Waals surface area (Å²) in [4.78, 5) is 15.0. The van der Waals surface area contributed by atoms with E-state index in [4.69, 9.17) is 5.11 Å². The van der Waals surface area contributed by atoms with Gasteiger partial charge in [-0.05, 0) is 23.8 Å². The van der Waals surface area contributed by atoms with Gasteiger partial charge in [0.2, 0.25) is 0 Å². The topological polar surface area (TPSA) is 80.0 Å². The summed E-state index contributed by atoms with van der Waals surface area (Å²) in [6.45, 7) is 0.0457. The summed E-state index contributed by atoms with van der Waals surface area (Å²) in [5.41, 5.74) is 0.252. The van der Waals surface area contributed by atoms with Gasteiger partial charge in [-0.3, -0.25) is 4.68 Å². The van der Waals surface area contributed by atoms with Gasteiger partial charge < -0.3 is 10.4 Å². The Balaban J connectivity index is 1.89. The summed E-state index contributed by atoms with van der Waals surface area (Å²) in [7, 11) is 1.69. The third-order valence-corrected chi connectivity index (χ3v) is 5.48. The summed E-state index contributed by atoms with van der Waals surface area (Å²) in [6.07, 6.45) is -0.979. The summed E-state index contributed by atoms with van der Waals surface area (Å²) in [6, 6.07) is 3.83. The molecule has 2 aromatic heterocycles. The number of aromatic nitrogens is 3. The van der Waals surface area contributed by atoms with Crippen LogP contribution in [0.3, 0.4) is 0 Å². The number of amides is 1. The molecule has 6 nitrogen and oxygen atoms in total. The van der Waals surface area contributed by atoms with Crippen LogP contribution in [0.1, 0.15) is 10.6 Å². The lowest BCUT2D eigenvalue weighted by atomic mass is 10.1. The first-order valence-electron chi connectivity index (χ1n) is 7.51. The van der Waals surface area contributed by atoms with Crippen LogP contribution in [0.2, 0.25) is 0 Å². The van der Waals surface area contributed by atoms with E-state index in [9.17, 15) is 18.0 Å². The van der Waals surface area contributed by atoms with E-state index in [2.05, 4.69) is 15.4 Å². The van der Waals surface area contributed by atoms with Crippen LogP contribution in [0.5, 0.6) is 0 Å². The molecule has 1 amide bonds. The second-order valence-electron chi connectivity index (χ2n) is 5.48. The van der Waals surface area contributed by atoms with Gasteiger partial charge in [0, 0.05) is 23.7 Å². The summed E-state index contributed by atoms with van der Waals surface area (Å²) in [5, 5.41) is 15.3. The molecule has 1 aromatic carbocycles. The van der Waals surface area contributed by atoms with Crippen molar-refractivity contribution in [1.82, 2.24) is 20.1 Å². The molecule has 3 aromatic rings.